The minimum Gasteiger partial charge on any atom is -0.497 e. The van der Waals surface area contributed by atoms with Crippen molar-refractivity contribution in [3.05, 3.63) is 54.6 Å². The van der Waals surface area contributed by atoms with Gasteiger partial charge < -0.3 is 9.64 Å². The second-order valence-corrected chi connectivity index (χ2v) is 11.8. The minimum atomic E-state index is -3.06. The molecular formula is C25H28N2O4S2. The van der Waals surface area contributed by atoms with Crippen LogP contribution < -0.4 is 4.74 Å². The van der Waals surface area contributed by atoms with Crippen LogP contribution in [0.4, 0.5) is 0 Å². The summed E-state index contributed by atoms with van der Waals surface area (Å²) in [5.41, 5.74) is 2.91. The molecule has 0 aliphatic carbocycles. The van der Waals surface area contributed by atoms with E-state index < -0.39 is 15.1 Å². The maximum atomic E-state index is 13.3. The van der Waals surface area contributed by atoms with E-state index in [-0.39, 0.29) is 23.5 Å². The summed E-state index contributed by atoms with van der Waals surface area (Å²) in [5, 5.41) is 1.36. The zero-order valence-corrected chi connectivity index (χ0v) is 20.7. The van der Waals surface area contributed by atoms with Crippen LogP contribution in [0.25, 0.3) is 22.0 Å². The number of aromatic nitrogens is 1. The first kappa shape index (κ1) is 23.6. The summed E-state index contributed by atoms with van der Waals surface area (Å²) >= 11 is 1.40. The molecule has 174 valence electrons. The quantitative estimate of drug-likeness (QED) is 0.462. The topological polar surface area (TPSA) is 76.6 Å². The second-order valence-electron chi connectivity index (χ2n) is 8.20. The number of hydrogen-bond donors (Lipinski definition) is 0. The Balaban J connectivity index is 1.65. The molecule has 0 radical (unpaired) electrons. The Morgan fingerprint density at radius 1 is 1.21 bits per heavy atom. The lowest BCUT2D eigenvalue weighted by molar-refractivity contribution is -0.131. The fourth-order valence-electron chi connectivity index (χ4n) is 4.31. The van der Waals surface area contributed by atoms with Gasteiger partial charge in [-0.15, -0.1) is 0 Å². The van der Waals surface area contributed by atoms with Crippen LogP contribution in [-0.4, -0.2) is 60.7 Å². The molecular weight excluding hydrogens is 456 g/mol. The molecule has 0 N–H and O–H groups in total. The fraction of sp³-hybridized carbons (Fsp3) is 0.360. The lowest BCUT2D eigenvalue weighted by Crippen LogP contribution is -2.44. The van der Waals surface area contributed by atoms with Crippen LogP contribution in [0, 0.1) is 0 Å². The van der Waals surface area contributed by atoms with Crippen LogP contribution >= 0.6 is 11.8 Å². The molecule has 1 saturated heterocycles. The molecule has 3 aromatic rings. The van der Waals surface area contributed by atoms with Gasteiger partial charge in [0.25, 0.3) is 0 Å². The van der Waals surface area contributed by atoms with E-state index in [2.05, 4.69) is 12.1 Å². The van der Waals surface area contributed by atoms with Crippen molar-refractivity contribution >= 4 is 38.4 Å². The summed E-state index contributed by atoms with van der Waals surface area (Å²) in [4.78, 5) is 19.8. The highest BCUT2D eigenvalue weighted by atomic mass is 32.2. The molecule has 2 atom stereocenters. The normalized spacial score (nSPS) is 18.2. The highest BCUT2D eigenvalue weighted by molar-refractivity contribution is 8.00. The summed E-state index contributed by atoms with van der Waals surface area (Å²) in [6.07, 6.45) is 0.505. The van der Waals surface area contributed by atoms with E-state index in [0.29, 0.717) is 13.0 Å². The Morgan fingerprint density at radius 3 is 2.61 bits per heavy atom. The van der Waals surface area contributed by atoms with E-state index in [1.807, 2.05) is 56.3 Å². The molecule has 0 spiro atoms. The molecule has 8 heteroatoms. The third-order valence-corrected chi connectivity index (χ3v) is 8.75. The first-order valence-electron chi connectivity index (χ1n) is 11.0. The molecule has 0 bridgehead atoms. The van der Waals surface area contributed by atoms with E-state index >= 15 is 0 Å². The molecule has 2 heterocycles. The number of ether oxygens (including phenoxy) is 1. The van der Waals surface area contributed by atoms with Gasteiger partial charge in [-0.3, -0.25) is 4.79 Å². The van der Waals surface area contributed by atoms with Crippen molar-refractivity contribution in [1.29, 1.82) is 0 Å². The van der Waals surface area contributed by atoms with Gasteiger partial charge in [-0.25, -0.2) is 13.4 Å². The van der Waals surface area contributed by atoms with E-state index in [0.717, 1.165) is 32.8 Å². The van der Waals surface area contributed by atoms with Crippen LogP contribution in [0.15, 0.2) is 59.6 Å². The summed E-state index contributed by atoms with van der Waals surface area (Å²) in [5.74, 6) is 0.867. The summed E-state index contributed by atoms with van der Waals surface area (Å²) in [6.45, 7) is 4.24. The van der Waals surface area contributed by atoms with Gasteiger partial charge in [-0.05, 0) is 49.6 Å². The molecule has 1 amide bonds. The standard InChI is InChI=1S/C25H28N2O4S2/c1-4-27(19-12-13-33(29,30)16-19)25(28)17(2)32-24-15-22(18-8-6-5-7-9-18)21-11-10-20(31-3)14-23(21)26-24/h5-11,14-15,17,19H,4,12-13,16H2,1-3H3/t17-,19-/m1/s1. The minimum absolute atomic E-state index is 0.0517. The van der Waals surface area contributed by atoms with Crippen molar-refractivity contribution in [3.63, 3.8) is 0 Å². The lowest BCUT2D eigenvalue weighted by atomic mass is 10.0. The number of rotatable bonds is 7. The molecule has 2 aromatic carbocycles. The van der Waals surface area contributed by atoms with Crippen molar-refractivity contribution in [2.45, 2.75) is 36.6 Å². The van der Waals surface area contributed by atoms with E-state index in [4.69, 9.17) is 9.72 Å². The number of carbonyl (C=O) groups is 1. The fourth-order valence-corrected chi connectivity index (χ4v) is 6.97. The SMILES string of the molecule is CCN(C(=O)[C@@H](C)Sc1cc(-c2ccccc2)c2ccc(OC)cc2n1)[C@@H]1CCS(=O)(=O)C1. The second kappa shape index (κ2) is 9.73. The maximum absolute atomic E-state index is 13.3. The van der Waals surface area contributed by atoms with Gasteiger partial charge in [0.05, 0.1) is 34.4 Å². The van der Waals surface area contributed by atoms with Gasteiger partial charge in [0, 0.05) is 24.0 Å². The Hall–Kier alpha value is -2.58. The third kappa shape index (κ3) is 5.17. The van der Waals surface area contributed by atoms with E-state index in [1.165, 1.54) is 11.8 Å². The molecule has 33 heavy (non-hydrogen) atoms. The third-order valence-electron chi connectivity index (χ3n) is 6.00. The first-order valence-corrected chi connectivity index (χ1v) is 13.7. The van der Waals surface area contributed by atoms with Crippen LogP contribution in [0.2, 0.25) is 0 Å². The summed E-state index contributed by atoms with van der Waals surface area (Å²) in [7, 11) is -1.43. The monoisotopic (exact) mass is 484 g/mol. The molecule has 4 rings (SSSR count). The molecule has 1 aliphatic heterocycles. The Kier molecular flexibility index (Phi) is 6.95. The molecule has 1 aliphatic rings. The average molecular weight is 485 g/mol. The number of sulfone groups is 1. The van der Waals surface area contributed by atoms with Crippen molar-refractivity contribution in [1.82, 2.24) is 9.88 Å². The molecule has 1 fully saturated rings. The summed E-state index contributed by atoms with van der Waals surface area (Å²) < 4.78 is 29.3. The zero-order chi connectivity index (χ0) is 23.6. The Bertz CT molecular complexity index is 1260. The van der Waals surface area contributed by atoms with Crippen LogP contribution in [-0.2, 0) is 14.6 Å². The molecule has 0 saturated carbocycles. The number of nitrogens with zero attached hydrogens (tertiary/aromatic N) is 2. The predicted molar refractivity (Wildman–Crippen MR) is 133 cm³/mol. The number of carbonyl (C=O) groups excluding carboxylic acids is 1. The zero-order valence-electron chi connectivity index (χ0n) is 19.0. The van der Waals surface area contributed by atoms with Gasteiger partial charge >= 0.3 is 0 Å². The Morgan fingerprint density at radius 2 is 1.97 bits per heavy atom. The number of methoxy groups -OCH3 is 1. The van der Waals surface area contributed by atoms with Crippen molar-refractivity contribution < 1.29 is 17.9 Å². The smallest absolute Gasteiger partial charge is 0.236 e. The van der Waals surface area contributed by atoms with Gasteiger partial charge in [-0.1, -0.05) is 42.1 Å². The van der Waals surface area contributed by atoms with Gasteiger partial charge in [0.1, 0.15) is 5.75 Å². The van der Waals surface area contributed by atoms with Gasteiger partial charge in [0.15, 0.2) is 9.84 Å². The largest absolute Gasteiger partial charge is 0.497 e. The maximum Gasteiger partial charge on any atom is 0.236 e. The van der Waals surface area contributed by atoms with Crippen molar-refractivity contribution in [3.8, 4) is 16.9 Å². The average Bonchev–Trinajstić information content (AvgIpc) is 3.18. The molecule has 0 unspecified atom stereocenters. The number of thioether (sulfide) groups is 1. The Labute approximate surface area is 199 Å². The van der Waals surface area contributed by atoms with E-state index in [1.54, 1.807) is 12.0 Å². The van der Waals surface area contributed by atoms with Gasteiger partial charge in [0.2, 0.25) is 5.91 Å². The highest BCUT2D eigenvalue weighted by Crippen LogP contribution is 2.35. The van der Waals surface area contributed by atoms with Crippen molar-refractivity contribution in [2.75, 3.05) is 25.2 Å². The number of fused-ring (bicyclic) bond motifs is 1. The summed E-state index contributed by atoms with van der Waals surface area (Å²) in [6, 6.07) is 17.7. The highest BCUT2D eigenvalue weighted by Gasteiger charge is 2.35. The number of pyridine rings is 1. The molecule has 6 nitrogen and oxygen atoms in total. The number of amides is 1. The molecule has 1 aromatic heterocycles. The number of benzene rings is 2. The van der Waals surface area contributed by atoms with Crippen molar-refractivity contribution in [2.24, 2.45) is 0 Å². The van der Waals surface area contributed by atoms with E-state index in [9.17, 15) is 13.2 Å². The predicted octanol–water partition coefficient (Wildman–Crippen LogP) is 4.43. The van der Waals surface area contributed by atoms with Crippen LogP contribution in [0.1, 0.15) is 20.3 Å². The lowest BCUT2D eigenvalue weighted by Gasteiger charge is -2.29. The number of hydrogen-bond acceptors (Lipinski definition) is 6. The first-order chi connectivity index (χ1) is 15.8. The van der Waals surface area contributed by atoms with Crippen LogP contribution in [0.5, 0.6) is 5.75 Å². The van der Waals surface area contributed by atoms with Gasteiger partial charge in [-0.2, -0.15) is 0 Å². The van der Waals surface area contributed by atoms with Crippen LogP contribution in [0.3, 0.4) is 0 Å².